The van der Waals surface area contributed by atoms with Crippen molar-refractivity contribution in [3.63, 3.8) is 0 Å². The highest BCUT2D eigenvalue weighted by Gasteiger charge is 2.03. The molecule has 4 heteroatoms. The van der Waals surface area contributed by atoms with Gasteiger partial charge in [0.25, 0.3) is 0 Å². The fourth-order valence-corrected chi connectivity index (χ4v) is 1.53. The van der Waals surface area contributed by atoms with E-state index in [0.717, 1.165) is 0 Å². The number of allylic oxidation sites excluding steroid dienone is 1. The Hall–Kier alpha value is -2.36. The van der Waals surface area contributed by atoms with Gasteiger partial charge in [0.05, 0.1) is 6.61 Å². The van der Waals surface area contributed by atoms with Crippen LogP contribution in [-0.4, -0.2) is 22.4 Å². The highest BCUT2D eigenvalue weighted by atomic mass is 16.5. The predicted octanol–water partition coefficient (Wildman–Crippen LogP) is 2.70. The first-order valence-electron chi connectivity index (χ1n) is 5.74. The molecule has 2 rings (SSSR count). The number of nitrogens with zero attached hydrogens (tertiary/aromatic N) is 1. The maximum Gasteiger partial charge on any atom is 0.186 e. The largest absolute Gasteiger partial charge is 0.494 e. The summed E-state index contributed by atoms with van der Waals surface area (Å²) in [6.07, 6.45) is 6.49. The molecule has 0 saturated heterocycles. The summed E-state index contributed by atoms with van der Waals surface area (Å²) < 4.78 is 5.35. The van der Waals surface area contributed by atoms with Gasteiger partial charge in [0.15, 0.2) is 5.78 Å². The number of ether oxygens (including phenoxy) is 1. The van der Waals surface area contributed by atoms with Crippen molar-refractivity contribution in [1.82, 2.24) is 9.97 Å². The number of carbonyl (C=O) groups is 1. The maximum atomic E-state index is 11.9. The summed E-state index contributed by atoms with van der Waals surface area (Å²) in [4.78, 5) is 18.8. The Kier molecular flexibility index (Phi) is 3.91. The van der Waals surface area contributed by atoms with Crippen LogP contribution in [0, 0.1) is 0 Å². The molecule has 0 aliphatic carbocycles. The van der Waals surface area contributed by atoms with Crippen LogP contribution in [-0.2, 0) is 0 Å². The van der Waals surface area contributed by atoms with Crippen LogP contribution in [0.2, 0.25) is 0 Å². The molecule has 1 aromatic carbocycles. The standard InChI is InChI=1S/C14H14N2O2/c1-2-18-12-5-3-4-11(10-12)13(17)6-7-14-15-8-9-16-14/h3-10H,2H2,1H3,(H,15,16)/b7-6+. The van der Waals surface area contributed by atoms with E-state index in [-0.39, 0.29) is 5.78 Å². The second kappa shape index (κ2) is 5.82. The summed E-state index contributed by atoms with van der Waals surface area (Å²) in [6, 6.07) is 7.13. The van der Waals surface area contributed by atoms with Crippen LogP contribution in [0.1, 0.15) is 23.1 Å². The smallest absolute Gasteiger partial charge is 0.186 e. The van der Waals surface area contributed by atoms with Gasteiger partial charge in [-0.3, -0.25) is 4.79 Å². The lowest BCUT2D eigenvalue weighted by molar-refractivity contribution is 0.104. The molecule has 0 aliphatic heterocycles. The van der Waals surface area contributed by atoms with E-state index >= 15 is 0 Å². The van der Waals surface area contributed by atoms with E-state index in [2.05, 4.69) is 9.97 Å². The van der Waals surface area contributed by atoms with E-state index in [1.165, 1.54) is 6.08 Å². The zero-order chi connectivity index (χ0) is 12.8. The predicted molar refractivity (Wildman–Crippen MR) is 69.6 cm³/mol. The monoisotopic (exact) mass is 242 g/mol. The molecule has 0 spiro atoms. The molecule has 1 N–H and O–H groups in total. The SMILES string of the molecule is CCOc1cccc(C(=O)/C=C/c2ncc[nH]2)c1. The molecule has 0 fully saturated rings. The quantitative estimate of drug-likeness (QED) is 0.648. The van der Waals surface area contributed by atoms with E-state index in [1.54, 1.807) is 36.7 Å². The van der Waals surface area contributed by atoms with Crippen molar-refractivity contribution in [1.29, 1.82) is 0 Å². The van der Waals surface area contributed by atoms with Crippen molar-refractivity contribution in [2.24, 2.45) is 0 Å². The molecule has 92 valence electrons. The molecular formula is C14H14N2O2. The van der Waals surface area contributed by atoms with Crippen LogP contribution < -0.4 is 4.74 Å². The number of H-pyrrole nitrogens is 1. The first-order chi connectivity index (χ1) is 8.79. The minimum absolute atomic E-state index is 0.0760. The number of aromatic amines is 1. The first kappa shape index (κ1) is 12.1. The number of hydrogen-bond acceptors (Lipinski definition) is 3. The lowest BCUT2D eigenvalue weighted by Crippen LogP contribution is -1.97. The van der Waals surface area contributed by atoms with E-state index < -0.39 is 0 Å². The van der Waals surface area contributed by atoms with Gasteiger partial charge in [0.1, 0.15) is 11.6 Å². The molecule has 2 aromatic rings. The fraction of sp³-hybridized carbons (Fsp3) is 0.143. The van der Waals surface area contributed by atoms with Crippen molar-refractivity contribution in [3.8, 4) is 5.75 Å². The zero-order valence-corrected chi connectivity index (χ0v) is 10.1. The first-order valence-corrected chi connectivity index (χ1v) is 5.74. The van der Waals surface area contributed by atoms with Gasteiger partial charge in [-0.05, 0) is 31.2 Å². The number of imidazole rings is 1. The fourth-order valence-electron chi connectivity index (χ4n) is 1.53. The summed E-state index contributed by atoms with van der Waals surface area (Å²) in [5.41, 5.74) is 0.601. The van der Waals surface area contributed by atoms with E-state index in [9.17, 15) is 4.79 Å². The van der Waals surface area contributed by atoms with Crippen LogP contribution >= 0.6 is 0 Å². The Morgan fingerprint density at radius 2 is 2.39 bits per heavy atom. The van der Waals surface area contributed by atoms with Crippen molar-refractivity contribution in [3.05, 3.63) is 54.1 Å². The number of rotatable bonds is 5. The zero-order valence-electron chi connectivity index (χ0n) is 10.1. The molecule has 0 bridgehead atoms. The van der Waals surface area contributed by atoms with Crippen LogP contribution in [0.5, 0.6) is 5.75 Å². The molecule has 0 amide bonds. The molecule has 1 heterocycles. The normalized spacial score (nSPS) is 10.7. The third-order valence-corrected chi connectivity index (χ3v) is 2.34. The molecule has 0 unspecified atom stereocenters. The summed E-state index contributed by atoms with van der Waals surface area (Å²) in [6.45, 7) is 2.49. The molecule has 0 radical (unpaired) electrons. The van der Waals surface area contributed by atoms with Crippen molar-refractivity contribution >= 4 is 11.9 Å². The third kappa shape index (κ3) is 3.07. The molecule has 4 nitrogen and oxygen atoms in total. The van der Waals surface area contributed by atoms with Crippen molar-refractivity contribution < 1.29 is 9.53 Å². The van der Waals surface area contributed by atoms with E-state index in [0.29, 0.717) is 23.7 Å². The van der Waals surface area contributed by atoms with Gasteiger partial charge in [-0.2, -0.15) is 0 Å². The van der Waals surface area contributed by atoms with Gasteiger partial charge in [-0.1, -0.05) is 12.1 Å². The minimum Gasteiger partial charge on any atom is -0.494 e. The summed E-state index contributed by atoms with van der Waals surface area (Å²) in [5.74, 6) is 1.28. The minimum atomic E-state index is -0.0760. The van der Waals surface area contributed by atoms with Gasteiger partial charge in [-0.25, -0.2) is 4.98 Å². The van der Waals surface area contributed by atoms with Crippen molar-refractivity contribution in [2.45, 2.75) is 6.92 Å². The Bertz CT molecular complexity index is 545. The molecule has 0 aliphatic rings. The molecule has 18 heavy (non-hydrogen) atoms. The average molecular weight is 242 g/mol. The summed E-state index contributed by atoms with van der Waals surface area (Å²) >= 11 is 0. The highest BCUT2D eigenvalue weighted by molar-refractivity contribution is 6.06. The Morgan fingerprint density at radius 1 is 1.50 bits per heavy atom. The maximum absolute atomic E-state index is 11.9. The average Bonchev–Trinajstić information content (AvgIpc) is 2.90. The van der Waals surface area contributed by atoms with E-state index in [4.69, 9.17) is 4.74 Å². The van der Waals surface area contributed by atoms with Gasteiger partial charge in [0.2, 0.25) is 0 Å². The van der Waals surface area contributed by atoms with Gasteiger partial charge < -0.3 is 9.72 Å². The topological polar surface area (TPSA) is 55.0 Å². The summed E-state index contributed by atoms with van der Waals surface area (Å²) in [7, 11) is 0. The number of nitrogens with one attached hydrogen (secondary N) is 1. The lowest BCUT2D eigenvalue weighted by Gasteiger charge is -2.03. The van der Waals surface area contributed by atoms with E-state index in [1.807, 2.05) is 13.0 Å². The van der Waals surface area contributed by atoms with Gasteiger partial charge >= 0.3 is 0 Å². The second-order valence-corrected chi connectivity index (χ2v) is 3.63. The Balaban J connectivity index is 2.11. The number of ketones is 1. The van der Waals surface area contributed by atoms with Crippen LogP contribution in [0.4, 0.5) is 0 Å². The van der Waals surface area contributed by atoms with Crippen LogP contribution in [0.25, 0.3) is 6.08 Å². The lowest BCUT2D eigenvalue weighted by atomic mass is 10.1. The Morgan fingerprint density at radius 3 is 3.11 bits per heavy atom. The highest BCUT2D eigenvalue weighted by Crippen LogP contribution is 2.14. The van der Waals surface area contributed by atoms with Gasteiger partial charge in [-0.15, -0.1) is 0 Å². The second-order valence-electron chi connectivity index (χ2n) is 3.63. The number of aromatic nitrogens is 2. The molecule has 1 aromatic heterocycles. The van der Waals surface area contributed by atoms with Crippen LogP contribution in [0.3, 0.4) is 0 Å². The van der Waals surface area contributed by atoms with Gasteiger partial charge in [0, 0.05) is 18.0 Å². The van der Waals surface area contributed by atoms with Crippen LogP contribution in [0.15, 0.2) is 42.7 Å². The number of carbonyl (C=O) groups excluding carboxylic acids is 1. The van der Waals surface area contributed by atoms with Crippen molar-refractivity contribution in [2.75, 3.05) is 6.61 Å². The molecule has 0 atom stereocenters. The molecule has 0 saturated carbocycles. The summed E-state index contributed by atoms with van der Waals surface area (Å²) in [5, 5.41) is 0. The Labute approximate surface area is 105 Å². The number of hydrogen-bond donors (Lipinski definition) is 1. The molecular weight excluding hydrogens is 228 g/mol. The third-order valence-electron chi connectivity index (χ3n) is 2.34. The number of benzene rings is 1.